The lowest BCUT2D eigenvalue weighted by Gasteiger charge is -2.07. The molecule has 1 aromatic heterocycles. The molecule has 3 rings (SSSR count). The van der Waals surface area contributed by atoms with Crippen LogP contribution in [0, 0.1) is 6.92 Å². The largest absolute Gasteiger partial charge is 0.322 e. The highest BCUT2D eigenvalue weighted by Gasteiger charge is 2.12. The standard InChI is InChI=1S/C16H16N2S/c1-11-7-8-14-15(9-11)19-16(18-14)13(17)10-12-5-3-2-4-6-12/h2-9,13H,10,17H2,1H3. The zero-order valence-corrected chi connectivity index (χ0v) is 11.7. The zero-order chi connectivity index (χ0) is 13.2. The van der Waals surface area contributed by atoms with Crippen LogP contribution in [-0.2, 0) is 6.42 Å². The number of rotatable bonds is 3. The molecule has 0 aliphatic rings. The molecule has 0 aliphatic heterocycles. The first-order valence-electron chi connectivity index (χ1n) is 6.39. The smallest absolute Gasteiger partial charge is 0.111 e. The number of benzene rings is 2. The summed E-state index contributed by atoms with van der Waals surface area (Å²) in [5.41, 5.74) is 9.85. The van der Waals surface area contributed by atoms with Crippen LogP contribution in [0.1, 0.15) is 22.2 Å². The first kappa shape index (κ1) is 12.3. The van der Waals surface area contributed by atoms with E-state index in [1.54, 1.807) is 11.3 Å². The van der Waals surface area contributed by atoms with Crippen molar-refractivity contribution in [3.05, 3.63) is 64.7 Å². The highest BCUT2D eigenvalue weighted by Crippen LogP contribution is 2.27. The molecular weight excluding hydrogens is 252 g/mol. The van der Waals surface area contributed by atoms with Crippen LogP contribution in [-0.4, -0.2) is 4.98 Å². The highest BCUT2D eigenvalue weighted by molar-refractivity contribution is 7.18. The Hall–Kier alpha value is -1.71. The van der Waals surface area contributed by atoms with Gasteiger partial charge in [-0.1, -0.05) is 36.4 Å². The predicted octanol–water partition coefficient (Wildman–Crippen LogP) is 3.85. The number of hydrogen-bond acceptors (Lipinski definition) is 3. The maximum atomic E-state index is 6.28. The molecule has 0 radical (unpaired) electrons. The second-order valence-electron chi connectivity index (χ2n) is 4.82. The SMILES string of the molecule is Cc1ccc2nc(C(N)Cc3ccccc3)sc2c1. The molecule has 96 valence electrons. The number of thiazole rings is 1. The van der Waals surface area contributed by atoms with Gasteiger partial charge in [-0.25, -0.2) is 4.98 Å². The Morgan fingerprint density at radius 3 is 2.74 bits per heavy atom. The normalized spacial score (nSPS) is 12.7. The van der Waals surface area contributed by atoms with E-state index in [4.69, 9.17) is 5.73 Å². The third-order valence-corrected chi connectivity index (χ3v) is 4.33. The van der Waals surface area contributed by atoms with Gasteiger partial charge in [0, 0.05) is 0 Å². The quantitative estimate of drug-likeness (QED) is 0.783. The first-order valence-corrected chi connectivity index (χ1v) is 7.20. The summed E-state index contributed by atoms with van der Waals surface area (Å²) in [7, 11) is 0. The fourth-order valence-electron chi connectivity index (χ4n) is 2.16. The van der Waals surface area contributed by atoms with Gasteiger partial charge >= 0.3 is 0 Å². The molecule has 3 aromatic rings. The average Bonchev–Trinajstić information content (AvgIpc) is 2.83. The maximum Gasteiger partial charge on any atom is 0.111 e. The summed E-state index contributed by atoms with van der Waals surface area (Å²) in [6.45, 7) is 2.10. The molecule has 19 heavy (non-hydrogen) atoms. The van der Waals surface area contributed by atoms with Crippen LogP contribution >= 0.6 is 11.3 Å². The second-order valence-corrected chi connectivity index (χ2v) is 5.88. The molecule has 0 fully saturated rings. The Balaban J connectivity index is 1.87. The molecule has 2 nitrogen and oxygen atoms in total. The van der Waals surface area contributed by atoms with Gasteiger partial charge in [-0.15, -0.1) is 11.3 Å². The van der Waals surface area contributed by atoms with E-state index in [9.17, 15) is 0 Å². The van der Waals surface area contributed by atoms with Crippen LogP contribution in [0.2, 0.25) is 0 Å². The second kappa shape index (κ2) is 5.11. The third-order valence-electron chi connectivity index (χ3n) is 3.18. The topological polar surface area (TPSA) is 38.9 Å². The van der Waals surface area contributed by atoms with E-state index in [0.29, 0.717) is 0 Å². The number of nitrogens with zero attached hydrogens (tertiary/aromatic N) is 1. The van der Waals surface area contributed by atoms with Crippen LogP contribution in [0.4, 0.5) is 0 Å². The summed E-state index contributed by atoms with van der Waals surface area (Å²) < 4.78 is 1.22. The molecule has 2 aromatic carbocycles. The van der Waals surface area contributed by atoms with Crippen LogP contribution in [0.25, 0.3) is 10.2 Å². The molecule has 2 N–H and O–H groups in total. The monoisotopic (exact) mass is 268 g/mol. The Morgan fingerprint density at radius 1 is 1.16 bits per heavy atom. The van der Waals surface area contributed by atoms with Crippen LogP contribution < -0.4 is 5.73 Å². The lowest BCUT2D eigenvalue weighted by molar-refractivity contribution is 0.717. The number of fused-ring (bicyclic) bond motifs is 1. The fraction of sp³-hybridized carbons (Fsp3) is 0.188. The van der Waals surface area contributed by atoms with Gasteiger partial charge in [-0.3, -0.25) is 0 Å². The lowest BCUT2D eigenvalue weighted by Crippen LogP contribution is -2.12. The van der Waals surface area contributed by atoms with Crippen molar-refractivity contribution in [1.82, 2.24) is 4.98 Å². The van der Waals surface area contributed by atoms with Crippen LogP contribution in [0.3, 0.4) is 0 Å². The summed E-state index contributed by atoms with van der Waals surface area (Å²) in [5.74, 6) is 0. The number of aromatic nitrogens is 1. The Morgan fingerprint density at radius 2 is 1.95 bits per heavy atom. The van der Waals surface area contributed by atoms with Crippen molar-refractivity contribution < 1.29 is 0 Å². The minimum atomic E-state index is -0.0277. The average molecular weight is 268 g/mol. The van der Waals surface area contributed by atoms with Crippen molar-refractivity contribution in [3.8, 4) is 0 Å². The minimum Gasteiger partial charge on any atom is -0.322 e. The van der Waals surface area contributed by atoms with E-state index in [2.05, 4.69) is 42.2 Å². The summed E-state index contributed by atoms with van der Waals surface area (Å²) in [4.78, 5) is 4.64. The van der Waals surface area contributed by atoms with Crippen molar-refractivity contribution in [1.29, 1.82) is 0 Å². The predicted molar refractivity (Wildman–Crippen MR) is 81.4 cm³/mol. The molecule has 0 saturated carbocycles. The molecule has 0 bridgehead atoms. The van der Waals surface area contributed by atoms with Gasteiger partial charge in [-0.2, -0.15) is 0 Å². The van der Waals surface area contributed by atoms with Gasteiger partial charge in [0.25, 0.3) is 0 Å². The van der Waals surface area contributed by atoms with Crippen molar-refractivity contribution in [2.75, 3.05) is 0 Å². The Kier molecular flexibility index (Phi) is 3.32. The Labute approximate surface area is 116 Å². The minimum absolute atomic E-state index is 0.0277. The van der Waals surface area contributed by atoms with Gasteiger partial charge in [0.15, 0.2) is 0 Å². The highest BCUT2D eigenvalue weighted by atomic mass is 32.1. The summed E-state index contributed by atoms with van der Waals surface area (Å²) >= 11 is 1.70. The molecule has 0 spiro atoms. The molecule has 1 heterocycles. The van der Waals surface area contributed by atoms with Crippen molar-refractivity contribution in [2.45, 2.75) is 19.4 Å². The van der Waals surface area contributed by atoms with E-state index >= 15 is 0 Å². The van der Waals surface area contributed by atoms with Crippen molar-refractivity contribution >= 4 is 21.6 Å². The van der Waals surface area contributed by atoms with E-state index in [1.165, 1.54) is 15.8 Å². The number of aryl methyl sites for hydroxylation is 1. The first-order chi connectivity index (χ1) is 9.22. The molecule has 1 atom stereocenters. The van der Waals surface area contributed by atoms with E-state index < -0.39 is 0 Å². The van der Waals surface area contributed by atoms with Gasteiger partial charge in [-0.05, 0) is 36.6 Å². The molecule has 0 saturated heterocycles. The van der Waals surface area contributed by atoms with E-state index in [0.717, 1.165) is 16.9 Å². The fourth-order valence-corrected chi connectivity index (χ4v) is 3.23. The van der Waals surface area contributed by atoms with Gasteiger partial charge in [0.05, 0.1) is 16.3 Å². The van der Waals surface area contributed by atoms with E-state index in [-0.39, 0.29) is 6.04 Å². The van der Waals surface area contributed by atoms with Crippen LogP contribution in [0.5, 0.6) is 0 Å². The van der Waals surface area contributed by atoms with Crippen molar-refractivity contribution in [2.24, 2.45) is 5.73 Å². The number of hydrogen-bond donors (Lipinski definition) is 1. The van der Waals surface area contributed by atoms with Crippen molar-refractivity contribution in [3.63, 3.8) is 0 Å². The van der Waals surface area contributed by atoms with Gasteiger partial charge in [0.1, 0.15) is 5.01 Å². The van der Waals surface area contributed by atoms with E-state index in [1.807, 2.05) is 18.2 Å². The maximum absolute atomic E-state index is 6.28. The molecule has 0 amide bonds. The number of nitrogens with two attached hydrogens (primary N) is 1. The summed E-state index contributed by atoms with van der Waals surface area (Å²) in [6.07, 6.45) is 0.833. The third kappa shape index (κ3) is 2.67. The summed E-state index contributed by atoms with van der Waals surface area (Å²) in [5, 5.41) is 1.02. The molecular formula is C16H16N2S. The zero-order valence-electron chi connectivity index (χ0n) is 10.8. The molecule has 1 unspecified atom stereocenters. The van der Waals surface area contributed by atoms with Crippen LogP contribution in [0.15, 0.2) is 48.5 Å². The Bertz CT molecular complexity index is 688. The van der Waals surface area contributed by atoms with Gasteiger partial charge in [0.2, 0.25) is 0 Å². The molecule has 3 heteroatoms. The molecule has 0 aliphatic carbocycles. The van der Waals surface area contributed by atoms with Gasteiger partial charge < -0.3 is 5.73 Å². The summed E-state index contributed by atoms with van der Waals surface area (Å²) in [6, 6.07) is 16.6. The lowest BCUT2D eigenvalue weighted by atomic mass is 10.1.